The zero-order valence-electron chi connectivity index (χ0n) is 32.6. The van der Waals surface area contributed by atoms with E-state index in [1.165, 1.54) is 62.7 Å². The van der Waals surface area contributed by atoms with Crippen molar-refractivity contribution in [2.75, 3.05) is 26.2 Å². The summed E-state index contributed by atoms with van der Waals surface area (Å²) in [4.78, 5) is 66.2. The normalized spacial score (nSPS) is 30.9. The van der Waals surface area contributed by atoms with Crippen molar-refractivity contribution in [2.24, 2.45) is 29.6 Å². The number of aliphatic hydroxyl groups is 3. The van der Waals surface area contributed by atoms with Gasteiger partial charge in [-0.25, -0.2) is 0 Å². The first-order chi connectivity index (χ1) is 26.0. The minimum atomic E-state index is -1.34. The Morgan fingerprint density at radius 2 is 1.37 bits per heavy atom. The number of Topliss-reactive ketones (excluding diaryl/α,β-unsaturated/α-hetero) is 1. The molecule has 2 aliphatic carbocycles. The van der Waals surface area contributed by atoms with Gasteiger partial charge >= 0.3 is 0 Å². The highest BCUT2D eigenvalue weighted by molar-refractivity contribution is 6.06. The average Bonchev–Trinajstić information content (AvgIpc) is 3.42. The smallest absolute Gasteiger partial charge is 0.233 e. The lowest BCUT2D eigenvalue weighted by atomic mass is 9.71. The van der Waals surface area contributed by atoms with Crippen molar-refractivity contribution in [2.45, 2.75) is 160 Å². The molecule has 1 saturated carbocycles. The van der Waals surface area contributed by atoms with Gasteiger partial charge in [0.25, 0.3) is 0 Å². The summed E-state index contributed by atoms with van der Waals surface area (Å²) in [5.74, 6) is -1.38. The largest absolute Gasteiger partial charge is 0.388 e. The van der Waals surface area contributed by atoms with E-state index in [1.807, 2.05) is 19.1 Å². The van der Waals surface area contributed by atoms with Crippen LogP contribution in [0.5, 0.6) is 0 Å². The van der Waals surface area contributed by atoms with Gasteiger partial charge in [0.1, 0.15) is 24.1 Å². The van der Waals surface area contributed by atoms with Crippen molar-refractivity contribution in [3.05, 3.63) is 12.2 Å². The zero-order valence-corrected chi connectivity index (χ0v) is 32.6. The molecule has 13 nitrogen and oxygen atoms in total. The van der Waals surface area contributed by atoms with Gasteiger partial charge in [-0.05, 0) is 50.4 Å². The van der Waals surface area contributed by atoms with Crippen molar-refractivity contribution in [1.82, 2.24) is 15.5 Å². The van der Waals surface area contributed by atoms with Gasteiger partial charge in [0.2, 0.25) is 23.6 Å². The Labute approximate surface area is 321 Å². The fraction of sp³-hybridized carbons (Fsp3) is 0.829. The van der Waals surface area contributed by atoms with Gasteiger partial charge in [0, 0.05) is 51.9 Å². The minimum Gasteiger partial charge on any atom is -0.388 e. The van der Waals surface area contributed by atoms with E-state index in [1.54, 1.807) is 6.92 Å². The molecule has 2 saturated heterocycles. The quantitative estimate of drug-likeness (QED) is 0.0737. The highest BCUT2D eigenvalue weighted by Gasteiger charge is 2.53. The fourth-order valence-corrected chi connectivity index (χ4v) is 8.53. The second kappa shape index (κ2) is 22.7. The predicted octanol–water partition coefficient (Wildman–Crippen LogP) is 3.71. The molecular formula is C41H67N3O10. The molecule has 0 bridgehead atoms. The molecular weight excluding hydrogens is 694 g/mol. The monoisotopic (exact) mass is 761 g/mol. The number of ketones is 1. The third-order valence-corrected chi connectivity index (χ3v) is 12.0. The van der Waals surface area contributed by atoms with E-state index in [9.17, 15) is 39.3 Å². The van der Waals surface area contributed by atoms with Crippen LogP contribution in [0.25, 0.3) is 0 Å². The van der Waals surface area contributed by atoms with Gasteiger partial charge in [0.15, 0.2) is 6.29 Å². The first kappa shape index (κ1) is 44.0. The summed E-state index contributed by atoms with van der Waals surface area (Å²) in [7, 11) is 0. The number of likely N-dealkylation sites (tertiary alicyclic amines) is 1. The van der Waals surface area contributed by atoms with Gasteiger partial charge in [-0.3, -0.25) is 28.9 Å². The Bertz CT molecular complexity index is 1250. The number of allylic oxidation sites excluding steroid dienone is 2. The summed E-state index contributed by atoms with van der Waals surface area (Å²) in [5, 5.41) is 35.3. The minimum absolute atomic E-state index is 0.0956. The number of nitrogens with one attached hydrogen (secondary N) is 2. The molecule has 6 unspecified atom stereocenters. The van der Waals surface area contributed by atoms with E-state index in [2.05, 4.69) is 10.6 Å². The Morgan fingerprint density at radius 1 is 0.741 bits per heavy atom. The van der Waals surface area contributed by atoms with E-state index < -0.39 is 42.5 Å². The second-order valence-corrected chi connectivity index (χ2v) is 16.1. The number of nitrogens with zero attached hydrogens (tertiary/aromatic N) is 1. The third-order valence-electron chi connectivity index (χ3n) is 12.0. The summed E-state index contributed by atoms with van der Waals surface area (Å²) >= 11 is 0. The Hall–Kier alpha value is -2.71. The van der Waals surface area contributed by atoms with Crippen molar-refractivity contribution >= 4 is 29.4 Å². The van der Waals surface area contributed by atoms with Crippen LogP contribution in [0, 0.1) is 29.6 Å². The number of carbonyl (C=O) groups excluding carboxylic acids is 5. The summed E-state index contributed by atoms with van der Waals surface area (Å²) in [6.07, 6.45) is 14.2. The van der Waals surface area contributed by atoms with Crippen LogP contribution in [0.1, 0.15) is 129 Å². The van der Waals surface area contributed by atoms with E-state index >= 15 is 0 Å². The van der Waals surface area contributed by atoms with Crippen LogP contribution in [0.2, 0.25) is 0 Å². The van der Waals surface area contributed by atoms with Crippen LogP contribution in [-0.4, -0.2) is 107 Å². The number of fused-ring (bicyclic) bond motifs is 1. The topological polar surface area (TPSA) is 192 Å². The van der Waals surface area contributed by atoms with E-state index in [4.69, 9.17) is 9.47 Å². The number of hydrogen-bond acceptors (Lipinski definition) is 10. The molecule has 3 fully saturated rings. The van der Waals surface area contributed by atoms with Gasteiger partial charge in [-0.15, -0.1) is 0 Å². The van der Waals surface area contributed by atoms with E-state index in [0.717, 1.165) is 6.42 Å². The lowest BCUT2D eigenvalue weighted by Gasteiger charge is -2.38. The summed E-state index contributed by atoms with van der Waals surface area (Å²) in [5.41, 5.74) is 0. The molecule has 4 aliphatic rings. The second-order valence-electron chi connectivity index (χ2n) is 16.1. The first-order valence-electron chi connectivity index (χ1n) is 20.9. The molecule has 0 aromatic heterocycles. The zero-order chi connectivity index (χ0) is 39.0. The number of carbonyl (C=O) groups is 5. The Morgan fingerprint density at radius 3 is 2.06 bits per heavy atom. The molecule has 0 radical (unpaired) electrons. The van der Waals surface area contributed by atoms with Crippen molar-refractivity contribution in [3.8, 4) is 0 Å². The molecule has 0 aromatic carbocycles. The van der Waals surface area contributed by atoms with Gasteiger partial charge in [0.05, 0.1) is 17.9 Å². The molecule has 2 aliphatic heterocycles. The molecule has 2 heterocycles. The van der Waals surface area contributed by atoms with Crippen LogP contribution in [-0.2, 0) is 33.4 Å². The number of rotatable bonds is 19. The fourth-order valence-electron chi connectivity index (χ4n) is 8.53. The number of ether oxygens (including phenoxy) is 2. The molecule has 13 heteroatoms. The van der Waals surface area contributed by atoms with Crippen LogP contribution in [0.15, 0.2) is 12.2 Å². The van der Waals surface area contributed by atoms with Crippen LogP contribution >= 0.6 is 0 Å². The molecule has 4 amide bonds. The van der Waals surface area contributed by atoms with Crippen molar-refractivity contribution in [1.29, 1.82) is 0 Å². The lowest BCUT2D eigenvalue weighted by Crippen LogP contribution is -2.57. The molecule has 0 spiro atoms. The SMILES string of the molecule is CC1C=CC(CCC(=O)NCCNC(=O)CCCCCO[C@@H]2OC(C)[C@H](O)[C@H](O)C2O)C2C(=O)N(CCC(=O)CCC3CCCCCCCCC3)C(=O)C12. The number of hydrogen-bond donors (Lipinski definition) is 5. The predicted molar refractivity (Wildman–Crippen MR) is 201 cm³/mol. The number of imide groups is 1. The molecule has 54 heavy (non-hydrogen) atoms. The van der Waals surface area contributed by atoms with Crippen LogP contribution in [0.4, 0.5) is 0 Å². The maximum atomic E-state index is 13.6. The average molecular weight is 762 g/mol. The van der Waals surface area contributed by atoms with E-state index in [-0.39, 0.29) is 80.3 Å². The molecule has 9 atom stereocenters. The summed E-state index contributed by atoms with van der Waals surface area (Å²) < 4.78 is 10.9. The molecule has 0 aromatic rings. The number of amides is 4. The molecule has 4 rings (SSSR count). The van der Waals surface area contributed by atoms with Crippen LogP contribution < -0.4 is 10.6 Å². The molecule has 5 N–H and O–H groups in total. The van der Waals surface area contributed by atoms with Gasteiger partial charge in [-0.1, -0.05) is 83.3 Å². The number of aliphatic hydroxyl groups excluding tert-OH is 3. The Balaban J connectivity index is 1.08. The Kier molecular flexibility index (Phi) is 18.5. The van der Waals surface area contributed by atoms with Gasteiger partial charge in [-0.2, -0.15) is 0 Å². The number of unbranched alkanes of at least 4 members (excludes halogenated alkanes) is 2. The van der Waals surface area contributed by atoms with Gasteiger partial charge < -0.3 is 35.4 Å². The molecule has 306 valence electrons. The summed E-state index contributed by atoms with van der Waals surface area (Å²) in [6.45, 7) is 4.49. The maximum Gasteiger partial charge on any atom is 0.233 e. The van der Waals surface area contributed by atoms with Crippen LogP contribution in [0.3, 0.4) is 0 Å². The highest BCUT2D eigenvalue weighted by Crippen LogP contribution is 2.43. The van der Waals surface area contributed by atoms with Crippen molar-refractivity contribution < 1.29 is 48.8 Å². The third kappa shape index (κ3) is 13.2. The first-order valence-corrected chi connectivity index (χ1v) is 20.9. The lowest BCUT2D eigenvalue weighted by molar-refractivity contribution is -0.293. The standard InChI is InChI=1S/C41H67N3O10/c1-27-16-18-30(35-34(27)39(51)44(40(35)52)25-22-31(45)20-17-29-13-9-6-4-3-5-7-10-14-29)19-21-33(47)43-24-23-42-32(46)15-11-8-12-26-53-41-38(50)37(49)36(48)28(2)54-41/h16,18,27-30,34-38,41,48-50H,3-15,17,19-26H2,1-2H3,(H,42,46)(H,43,47)/t27?,28?,30?,34?,35?,36-,37-,38?,41+/m0/s1. The van der Waals surface area contributed by atoms with Crippen molar-refractivity contribution in [3.63, 3.8) is 0 Å². The van der Waals surface area contributed by atoms with E-state index in [0.29, 0.717) is 44.4 Å². The maximum absolute atomic E-state index is 13.6. The highest BCUT2D eigenvalue weighted by atomic mass is 16.7. The summed E-state index contributed by atoms with van der Waals surface area (Å²) in [6, 6.07) is 0.